The molecular formula is C13H20N4O2S2. The van der Waals surface area contributed by atoms with E-state index < -0.39 is 10.0 Å². The average molecular weight is 328 g/mol. The van der Waals surface area contributed by atoms with E-state index in [4.69, 9.17) is 0 Å². The van der Waals surface area contributed by atoms with E-state index in [0.717, 1.165) is 24.4 Å². The molecule has 0 aliphatic carbocycles. The molecule has 0 saturated carbocycles. The highest BCUT2D eigenvalue weighted by Crippen LogP contribution is 2.11. The van der Waals surface area contributed by atoms with E-state index in [1.165, 1.54) is 17.5 Å². The van der Waals surface area contributed by atoms with Gasteiger partial charge in [-0.3, -0.25) is 4.68 Å². The van der Waals surface area contributed by atoms with E-state index in [0.29, 0.717) is 13.1 Å². The van der Waals surface area contributed by atoms with Crippen LogP contribution in [0.3, 0.4) is 0 Å². The molecule has 116 valence electrons. The summed E-state index contributed by atoms with van der Waals surface area (Å²) in [5, 5.41) is 9.24. The molecule has 6 nitrogen and oxygen atoms in total. The van der Waals surface area contributed by atoms with Crippen LogP contribution in [-0.2, 0) is 23.1 Å². The van der Waals surface area contributed by atoms with Crippen molar-refractivity contribution in [2.75, 3.05) is 13.1 Å². The van der Waals surface area contributed by atoms with Gasteiger partial charge in [-0.15, -0.1) is 11.3 Å². The van der Waals surface area contributed by atoms with Crippen molar-refractivity contribution < 1.29 is 8.42 Å². The highest BCUT2D eigenvalue weighted by atomic mass is 32.2. The largest absolute Gasteiger partial charge is 0.317 e. The second kappa shape index (κ2) is 7.69. The number of aryl methyl sites for hydroxylation is 1. The molecule has 0 saturated heterocycles. The Kier molecular flexibility index (Phi) is 5.92. The van der Waals surface area contributed by atoms with Crippen LogP contribution in [-0.4, -0.2) is 31.3 Å². The van der Waals surface area contributed by atoms with Crippen molar-refractivity contribution in [3.8, 4) is 0 Å². The van der Waals surface area contributed by atoms with Crippen molar-refractivity contribution in [2.45, 2.75) is 31.3 Å². The lowest BCUT2D eigenvalue weighted by Crippen LogP contribution is -2.22. The molecule has 2 aromatic rings. The van der Waals surface area contributed by atoms with Gasteiger partial charge in [0.1, 0.15) is 4.90 Å². The van der Waals surface area contributed by atoms with Crippen molar-refractivity contribution in [1.29, 1.82) is 0 Å². The molecular weight excluding hydrogens is 308 g/mol. The predicted octanol–water partition coefficient (Wildman–Crippen LogP) is 1.42. The van der Waals surface area contributed by atoms with Gasteiger partial charge in [0, 0.05) is 24.2 Å². The molecule has 2 aromatic heterocycles. The Morgan fingerprint density at radius 3 is 3.00 bits per heavy atom. The molecule has 0 fully saturated rings. The smallest absolute Gasteiger partial charge is 0.244 e. The number of hydrogen-bond acceptors (Lipinski definition) is 5. The molecule has 0 bridgehead atoms. The molecule has 2 heterocycles. The maximum atomic E-state index is 12.1. The first kappa shape index (κ1) is 16.2. The zero-order valence-corrected chi connectivity index (χ0v) is 13.6. The second-order valence-corrected chi connectivity index (χ2v) is 7.35. The lowest BCUT2D eigenvalue weighted by atomic mass is 10.4. The minimum atomic E-state index is -3.49. The number of aromatic nitrogens is 2. The van der Waals surface area contributed by atoms with Gasteiger partial charge in [-0.2, -0.15) is 5.10 Å². The van der Waals surface area contributed by atoms with Crippen LogP contribution in [0.25, 0.3) is 0 Å². The third-order valence-electron chi connectivity index (χ3n) is 2.93. The molecule has 0 radical (unpaired) electrons. The highest BCUT2D eigenvalue weighted by molar-refractivity contribution is 7.89. The first-order valence-electron chi connectivity index (χ1n) is 6.87. The molecule has 0 aliphatic heterocycles. The molecule has 0 aliphatic rings. The summed E-state index contributed by atoms with van der Waals surface area (Å²) in [5.74, 6) is 0. The average Bonchev–Trinajstić information content (AvgIpc) is 3.13. The van der Waals surface area contributed by atoms with Crippen molar-refractivity contribution >= 4 is 21.4 Å². The minimum Gasteiger partial charge on any atom is -0.317 e. The normalized spacial score (nSPS) is 11.9. The van der Waals surface area contributed by atoms with Gasteiger partial charge >= 0.3 is 0 Å². The third kappa shape index (κ3) is 4.92. The number of nitrogens with one attached hydrogen (secondary N) is 2. The summed E-state index contributed by atoms with van der Waals surface area (Å²) in [5.41, 5.74) is 0. The van der Waals surface area contributed by atoms with Crippen LogP contribution in [0.5, 0.6) is 0 Å². The van der Waals surface area contributed by atoms with Crippen molar-refractivity contribution in [2.24, 2.45) is 0 Å². The van der Waals surface area contributed by atoms with E-state index in [9.17, 15) is 8.42 Å². The van der Waals surface area contributed by atoms with Crippen LogP contribution in [0.2, 0.25) is 0 Å². The highest BCUT2D eigenvalue weighted by Gasteiger charge is 2.16. The minimum absolute atomic E-state index is 0.211. The Hall–Kier alpha value is -1.22. The van der Waals surface area contributed by atoms with Crippen LogP contribution in [0.4, 0.5) is 0 Å². The Morgan fingerprint density at radius 2 is 2.29 bits per heavy atom. The topological polar surface area (TPSA) is 76.0 Å². The van der Waals surface area contributed by atoms with Crippen LogP contribution in [0, 0.1) is 0 Å². The molecule has 8 heteroatoms. The molecule has 0 atom stereocenters. The standard InChI is InChI=1S/C13H20N4O2S2/c1-2-14-6-4-7-17-11-13(10-15-17)21(18,19)16-9-12-5-3-8-20-12/h3,5,8,10-11,14,16H,2,4,6-7,9H2,1H3. The van der Waals surface area contributed by atoms with E-state index in [2.05, 4.69) is 22.1 Å². The molecule has 2 N–H and O–H groups in total. The van der Waals surface area contributed by atoms with Gasteiger partial charge < -0.3 is 5.32 Å². The van der Waals surface area contributed by atoms with E-state index in [1.807, 2.05) is 17.5 Å². The first-order chi connectivity index (χ1) is 10.1. The van der Waals surface area contributed by atoms with Gasteiger partial charge in [-0.05, 0) is 31.0 Å². The van der Waals surface area contributed by atoms with E-state index >= 15 is 0 Å². The zero-order chi connectivity index (χ0) is 15.1. The van der Waals surface area contributed by atoms with E-state index in [-0.39, 0.29) is 4.90 Å². The van der Waals surface area contributed by atoms with Gasteiger partial charge in [0.05, 0.1) is 6.20 Å². The molecule has 21 heavy (non-hydrogen) atoms. The maximum Gasteiger partial charge on any atom is 0.244 e. The van der Waals surface area contributed by atoms with Crippen LogP contribution < -0.4 is 10.0 Å². The Morgan fingerprint density at radius 1 is 1.43 bits per heavy atom. The second-order valence-electron chi connectivity index (χ2n) is 4.55. The quantitative estimate of drug-likeness (QED) is 0.683. The van der Waals surface area contributed by atoms with Crippen LogP contribution in [0.1, 0.15) is 18.2 Å². The van der Waals surface area contributed by atoms with Crippen LogP contribution >= 0.6 is 11.3 Å². The first-order valence-corrected chi connectivity index (χ1v) is 9.23. The summed E-state index contributed by atoms with van der Waals surface area (Å²) >= 11 is 1.52. The molecule has 0 unspecified atom stereocenters. The maximum absolute atomic E-state index is 12.1. The Balaban J connectivity index is 1.89. The fourth-order valence-corrected chi connectivity index (χ4v) is 3.51. The number of rotatable bonds is 9. The predicted molar refractivity (Wildman–Crippen MR) is 83.7 cm³/mol. The third-order valence-corrected chi connectivity index (χ3v) is 5.16. The summed E-state index contributed by atoms with van der Waals surface area (Å²) in [6, 6.07) is 3.80. The molecule has 0 spiro atoms. The fourth-order valence-electron chi connectivity index (χ4n) is 1.81. The Bertz CT molecular complexity index is 635. The molecule has 0 amide bonds. The monoisotopic (exact) mass is 328 g/mol. The number of nitrogens with zero attached hydrogens (tertiary/aromatic N) is 2. The van der Waals surface area contributed by atoms with Gasteiger partial charge in [-0.1, -0.05) is 13.0 Å². The summed E-state index contributed by atoms with van der Waals surface area (Å²) in [7, 11) is -3.49. The van der Waals surface area contributed by atoms with Gasteiger partial charge in [0.2, 0.25) is 10.0 Å². The molecule has 0 aromatic carbocycles. The summed E-state index contributed by atoms with van der Waals surface area (Å²) in [6.07, 6.45) is 3.88. The summed E-state index contributed by atoms with van der Waals surface area (Å²) in [4.78, 5) is 1.19. The Labute approximate surface area is 129 Å². The SMILES string of the molecule is CCNCCCn1cc(S(=O)(=O)NCc2cccs2)cn1. The summed E-state index contributed by atoms with van der Waals surface area (Å²) < 4.78 is 28.5. The van der Waals surface area contributed by atoms with Gasteiger partial charge in [-0.25, -0.2) is 13.1 Å². The van der Waals surface area contributed by atoms with E-state index in [1.54, 1.807) is 10.9 Å². The zero-order valence-electron chi connectivity index (χ0n) is 11.9. The van der Waals surface area contributed by atoms with Crippen LogP contribution in [0.15, 0.2) is 34.8 Å². The number of thiophene rings is 1. The molecule has 2 rings (SSSR count). The van der Waals surface area contributed by atoms with Crippen molar-refractivity contribution in [3.63, 3.8) is 0 Å². The van der Waals surface area contributed by atoms with Gasteiger partial charge in [0.25, 0.3) is 0 Å². The summed E-state index contributed by atoms with van der Waals surface area (Å²) in [6.45, 7) is 4.90. The van der Waals surface area contributed by atoms with Crippen molar-refractivity contribution in [3.05, 3.63) is 34.8 Å². The lowest BCUT2D eigenvalue weighted by Gasteiger charge is -2.03. The number of sulfonamides is 1. The number of hydrogen-bond donors (Lipinski definition) is 2. The van der Waals surface area contributed by atoms with Gasteiger partial charge in [0.15, 0.2) is 0 Å². The lowest BCUT2D eigenvalue weighted by molar-refractivity contribution is 0.549. The van der Waals surface area contributed by atoms with Crippen molar-refractivity contribution in [1.82, 2.24) is 19.8 Å². The fraction of sp³-hybridized carbons (Fsp3) is 0.462.